The second kappa shape index (κ2) is 5.95. The highest BCUT2D eigenvalue weighted by Gasteiger charge is 2.14. The Kier molecular flexibility index (Phi) is 4.08. The number of hydrogen-bond donors (Lipinski definition) is 3. The third kappa shape index (κ3) is 2.99. The fourth-order valence-corrected chi connectivity index (χ4v) is 1.51. The highest BCUT2D eigenvalue weighted by molar-refractivity contribution is 5.83. The Balaban J connectivity index is 2.29. The highest BCUT2D eigenvalue weighted by Crippen LogP contribution is 2.09. The summed E-state index contributed by atoms with van der Waals surface area (Å²) in [5, 5.41) is 8.32. The van der Waals surface area contributed by atoms with E-state index < -0.39 is 6.04 Å². The van der Waals surface area contributed by atoms with Crippen LogP contribution >= 0.6 is 0 Å². The number of carbonyl (C=O) groups is 1. The van der Waals surface area contributed by atoms with Crippen LogP contribution in [0.2, 0.25) is 0 Å². The monoisotopic (exact) mass is 276 g/mol. The van der Waals surface area contributed by atoms with Crippen LogP contribution in [0.5, 0.6) is 0 Å². The normalized spacial score (nSPS) is 11.8. The van der Waals surface area contributed by atoms with Gasteiger partial charge >= 0.3 is 0 Å². The van der Waals surface area contributed by atoms with E-state index in [0.717, 1.165) is 0 Å². The Morgan fingerprint density at radius 1 is 1.25 bits per heavy atom. The largest absolute Gasteiger partial charge is 0.357 e. The molecule has 9 nitrogen and oxygen atoms in total. The Morgan fingerprint density at radius 3 is 2.60 bits per heavy atom. The first-order chi connectivity index (χ1) is 9.63. The lowest BCUT2D eigenvalue weighted by Gasteiger charge is -2.13. The quantitative estimate of drug-likeness (QED) is 0.684. The fourth-order valence-electron chi connectivity index (χ4n) is 1.51. The van der Waals surface area contributed by atoms with Gasteiger partial charge in [0, 0.05) is 26.5 Å². The van der Waals surface area contributed by atoms with Gasteiger partial charge < -0.3 is 16.0 Å². The standard InChI is InChI=1S/C11H16N8O/c1-7(8(20)12-2)15-10-16-9(13-3)17-11(18-10)19-5-4-14-6-19/h4-7H,1-3H3,(H,12,20)(H2,13,15,16,17,18). The van der Waals surface area contributed by atoms with Crippen molar-refractivity contribution in [2.45, 2.75) is 13.0 Å². The van der Waals surface area contributed by atoms with E-state index in [0.29, 0.717) is 17.8 Å². The van der Waals surface area contributed by atoms with Crippen molar-refractivity contribution in [3.63, 3.8) is 0 Å². The highest BCUT2D eigenvalue weighted by atomic mass is 16.2. The van der Waals surface area contributed by atoms with Crippen LogP contribution in [0.3, 0.4) is 0 Å². The molecule has 0 spiro atoms. The van der Waals surface area contributed by atoms with Crippen molar-refractivity contribution in [2.24, 2.45) is 0 Å². The van der Waals surface area contributed by atoms with Crippen molar-refractivity contribution >= 4 is 17.8 Å². The van der Waals surface area contributed by atoms with Crippen LogP contribution < -0.4 is 16.0 Å². The average molecular weight is 276 g/mol. The molecule has 2 rings (SSSR count). The van der Waals surface area contributed by atoms with E-state index in [1.54, 1.807) is 44.3 Å². The van der Waals surface area contributed by atoms with Crippen molar-refractivity contribution in [1.82, 2.24) is 29.8 Å². The molecule has 1 atom stereocenters. The van der Waals surface area contributed by atoms with Gasteiger partial charge in [-0.2, -0.15) is 15.0 Å². The van der Waals surface area contributed by atoms with Crippen LogP contribution in [-0.4, -0.2) is 50.5 Å². The molecule has 0 bridgehead atoms. The maximum Gasteiger partial charge on any atom is 0.242 e. The molecule has 0 fully saturated rings. The molecule has 0 saturated heterocycles. The van der Waals surface area contributed by atoms with Gasteiger partial charge in [-0.05, 0) is 6.92 Å². The summed E-state index contributed by atoms with van der Waals surface area (Å²) < 4.78 is 1.65. The van der Waals surface area contributed by atoms with Gasteiger partial charge in [0.25, 0.3) is 0 Å². The topological polar surface area (TPSA) is 110 Å². The SMILES string of the molecule is CNC(=O)C(C)Nc1nc(NC)nc(-n2ccnc2)n1. The molecule has 0 aliphatic heterocycles. The number of rotatable bonds is 5. The van der Waals surface area contributed by atoms with Gasteiger partial charge in [0.05, 0.1) is 0 Å². The van der Waals surface area contributed by atoms with Crippen molar-refractivity contribution < 1.29 is 4.79 Å². The molecule has 0 aliphatic carbocycles. The molecule has 2 aromatic heterocycles. The molecule has 0 radical (unpaired) electrons. The molecule has 20 heavy (non-hydrogen) atoms. The number of nitrogens with zero attached hydrogens (tertiary/aromatic N) is 5. The number of amides is 1. The van der Waals surface area contributed by atoms with Gasteiger partial charge in [-0.25, -0.2) is 4.98 Å². The molecule has 9 heteroatoms. The van der Waals surface area contributed by atoms with E-state index in [1.165, 1.54) is 0 Å². The summed E-state index contributed by atoms with van der Waals surface area (Å²) in [6, 6.07) is -0.456. The Hall–Kier alpha value is -2.71. The van der Waals surface area contributed by atoms with Gasteiger partial charge in [0.2, 0.25) is 23.8 Å². The fraction of sp³-hybridized carbons (Fsp3) is 0.364. The van der Waals surface area contributed by atoms with Crippen LogP contribution in [-0.2, 0) is 4.79 Å². The van der Waals surface area contributed by atoms with Crippen LogP contribution in [0.1, 0.15) is 6.92 Å². The van der Waals surface area contributed by atoms with Crippen molar-refractivity contribution in [1.29, 1.82) is 0 Å². The summed E-state index contributed by atoms with van der Waals surface area (Å²) in [6.45, 7) is 1.72. The number of nitrogens with one attached hydrogen (secondary N) is 3. The zero-order chi connectivity index (χ0) is 14.5. The third-order valence-electron chi connectivity index (χ3n) is 2.57. The smallest absolute Gasteiger partial charge is 0.242 e. The predicted octanol–water partition coefficient (Wildman–Crippen LogP) is -0.355. The minimum absolute atomic E-state index is 0.152. The summed E-state index contributed by atoms with van der Waals surface area (Å²) in [5.41, 5.74) is 0. The molecule has 1 unspecified atom stereocenters. The van der Waals surface area contributed by atoms with Crippen molar-refractivity contribution in [2.75, 3.05) is 24.7 Å². The molecule has 3 N–H and O–H groups in total. The van der Waals surface area contributed by atoms with E-state index in [1.807, 2.05) is 0 Å². The summed E-state index contributed by atoms with van der Waals surface area (Å²) >= 11 is 0. The predicted molar refractivity (Wildman–Crippen MR) is 73.6 cm³/mol. The van der Waals surface area contributed by atoms with Gasteiger partial charge in [-0.1, -0.05) is 0 Å². The molecule has 2 aromatic rings. The molecular formula is C11H16N8O. The first-order valence-electron chi connectivity index (χ1n) is 6.04. The first-order valence-corrected chi connectivity index (χ1v) is 6.04. The number of likely N-dealkylation sites (N-methyl/N-ethyl adjacent to an activating group) is 1. The molecule has 0 aliphatic rings. The van der Waals surface area contributed by atoms with Gasteiger partial charge in [0.1, 0.15) is 12.4 Å². The summed E-state index contributed by atoms with van der Waals surface area (Å²) in [5.74, 6) is 0.966. The summed E-state index contributed by atoms with van der Waals surface area (Å²) in [7, 11) is 3.28. The molecule has 1 amide bonds. The van der Waals surface area contributed by atoms with Crippen molar-refractivity contribution in [3.05, 3.63) is 18.7 Å². The van der Waals surface area contributed by atoms with Gasteiger partial charge in [-0.15, -0.1) is 0 Å². The molecule has 0 aromatic carbocycles. The summed E-state index contributed by atoms with van der Waals surface area (Å²) in [6.07, 6.45) is 4.94. The lowest BCUT2D eigenvalue weighted by atomic mass is 10.3. The van der Waals surface area contributed by atoms with E-state index in [2.05, 4.69) is 35.9 Å². The van der Waals surface area contributed by atoms with E-state index in [-0.39, 0.29) is 5.91 Å². The van der Waals surface area contributed by atoms with E-state index >= 15 is 0 Å². The number of imidazole rings is 1. The molecule has 0 saturated carbocycles. The van der Waals surface area contributed by atoms with Crippen LogP contribution in [0, 0.1) is 0 Å². The maximum atomic E-state index is 11.5. The zero-order valence-electron chi connectivity index (χ0n) is 11.5. The molecule has 106 valence electrons. The number of carbonyl (C=O) groups excluding carboxylic acids is 1. The first kappa shape index (κ1) is 13.7. The maximum absolute atomic E-state index is 11.5. The molecule has 2 heterocycles. The Labute approximate surface area is 115 Å². The van der Waals surface area contributed by atoms with Crippen LogP contribution in [0.4, 0.5) is 11.9 Å². The third-order valence-corrected chi connectivity index (χ3v) is 2.57. The van der Waals surface area contributed by atoms with Crippen LogP contribution in [0.15, 0.2) is 18.7 Å². The van der Waals surface area contributed by atoms with Crippen LogP contribution in [0.25, 0.3) is 5.95 Å². The Bertz CT molecular complexity index is 582. The lowest BCUT2D eigenvalue weighted by Crippen LogP contribution is -2.35. The lowest BCUT2D eigenvalue weighted by molar-refractivity contribution is -0.121. The van der Waals surface area contributed by atoms with Gasteiger partial charge in [0.15, 0.2) is 0 Å². The second-order valence-electron chi connectivity index (χ2n) is 3.98. The minimum atomic E-state index is -0.456. The number of aromatic nitrogens is 5. The minimum Gasteiger partial charge on any atom is -0.357 e. The average Bonchev–Trinajstić information content (AvgIpc) is 3.00. The van der Waals surface area contributed by atoms with E-state index in [4.69, 9.17) is 0 Å². The van der Waals surface area contributed by atoms with E-state index in [9.17, 15) is 4.79 Å². The summed E-state index contributed by atoms with van der Waals surface area (Å²) in [4.78, 5) is 28.1. The van der Waals surface area contributed by atoms with Gasteiger partial charge in [-0.3, -0.25) is 9.36 Å². The second-order valence-corrected chi connectivity index (χ2v) is 3.98. The zero-order valence-corrected chi connectivity index (χ0v) is 11.5. The van der Waals surface area contributed by atoms with Crippen molar-refractivity contribution in [3.8, 4) is 5.95 Å². The number of hydrogen-bond acceptors (Lipinski definition) is 7. The molecular weight excluding hydrogens is 260 g/mol. The Morgan fingerprint density at radius 2 is 2.00 bits per heavy atom. The number of anilines is 2.